The van der Waals surface area contributed by atoms with Gasteiger partial charge in [0.15, 0.2) is 0 Å². The molecule has 2 heterocycles. The number of hydrogen-bond acceptors (Lipinski definition) is 7. The van der Waals surface area contributed by atoms with Gasteiger partial charge in [-0.05, 0) is 41.5 Å². The van der Waals surface area contributed by atoms with Crippen molar-refractivity contribution in [2.24, 2.45) is 5.73 Å². The van der Waals surface area contributed by atoms with Gasteiger partial charge in [-0.3, -0.25) is 9.36 Å². The summed E-state index contributed by atoms with van der Waals surface area (Å²) in [6, 6.07) is 13.5. The Morgan fingerprint density at radius 3 is 2.03 bits per heavy atom. The van der Waals surface area contributed by atoms with E-state index in [1.54, 1.807) is 54.6 Å². The van der Waals surface area contributed by atoms with Crippen molar-refractivity contribution in [3.8, 4) is 0 Å². The van der Waals surface area contributed by atoms with Crippen molar-refractivity contribution in [1.29, 1.82) is 0 Å². The smallest absolute Gasteiger partial charge is 0.338 e. The van der Waals surface area contributed by atoms with Crippen molar-refractivity contribution in [3.63, 3.8) is 0 Å². The highest BCUT2D eigenvalue weighted by molar-refractivity contribution is 7.07. The maximum atomic E-state index is 13.4. The minimum absolute atomic E-state index is 0.0457. The summed E-state index contributed by atoms with van der Waals surface area (Å²) in [5.41, 5.74) is 7.23. The van der Waals surface area contributed by atoms with Gasteiger partial charge in [0.25, 0.3) is 5.56 Å². The molecule has 1 atom stereocenters. The van der Waals surface area contributed by atoms with E-state index in [4.69, 9.17) is 38.4 Å². The first kappa shape index (κ1) is 23.8. The number of aromatic nitrogens is 1. The van der Waals surface area contributed by atoms with E-state index < -0.39 is 23.4 Å². The van der Waals surface area contributed by atoms with E-state index in [0.29, 0.717) is 20.1 Å². The fourth-order valence-electron chi connectivity index (χ4n) is 3.76. The van der Waals surface area contributed by atoms with Crippen LogP contribution in [0.3, 0.4) is 0 Å². The predicted octanol–water partition coefficient (Wildman–Crippen LogP) is 2.47. The first-order valence-electron chi connectivity index (χ1n) is 9.92. The second kappa shape index (κ2) is 9.50. The Hall–Kier alpha value is -3.33. The average molecular weight is 517 g/mol. The first-order valence-corrected chi connectivity index (χ1v) is 11.5. The van der Waals surface area contributed by atoms with Crippen LogP contribution in [0.1, 0.15) is 17.0 Å². The highest BCUT2D eigenvalue weighted by atomic mass is 35.5. The number of rotatable bonds is 4. The van der Waals surface area contributed by atoms with E-state index in [-0.39, 0.29) is 21.6 Å². The molecule has 0 saturated carbocycles. The van der Waals surface area contributed by atoms with Crippen LogP contribution in [0.2, 0.25) is 10.0 Å². The number of carbonyl (C=O) groups is 2. The summed E-state index contributed by atoms with van der Waals surface area (Å²) in [4.78, 5) is 39.2. The third-order valence-corrected chi connectivity index (χ3v) is 6.94. The predicted molar refractivity (Wildman–Crippen MR) is 132 cm³/mol. The SMILES string of the molecule is COC(=O)C1=C(N)n2c(s/c(=C\c3ccc(Cl)cc3)c2=O)=C(C(=O)OC)C1c1ccc(Cl)cc1. The lowest BCUT2D eigenvalue weighted by molar-refractivity contribution is -0.136. The summed E-state index contributed by atoms with van der Waals surface area (Å²) in [5.74, 6) is -2.53. The molecule has 0 bridgehead atoms. The second-order valence-corrected chi connectivity index (χ2v) is 9.19. The van der Waals surface area contributed by atoms with Crippen molar-refractivity contribution >= 4 is 63.9 Å². The van der Waals surface area contributed by atoms with Crippen LogP contribution in [0.5, 0.6) is 0 Å². The van der Waals surface area contributed by atoms with Gasteiger partial charge in [0, 0.05) is 10.0 Å². The quantitative estimate of drug-likeness (QED) is 0.534. The maximum absolute atomic E-state index is 13.4. The Labute approximate surface area is 207 Å². The number of carbonyl (C=O) groups excluding carboxylic acids is 2. The van der Waals surface area contributed by atoms with Crippen LogP contribution < -0.4 is 20.5 Å². The average Bonchev–Trinajstić information content (AvgIpc) is 3.15. The zero-order valence-corrected chi connectivity index (χ0v) is 20.3. The van der Waals surface area contributed by atoms with Crippen molar-refractivity contribution in [2.45, 2.75) is 5.92 Å². The fraction of sp³-hybridized carbons (Fsp3) is 0.125. The minimum Gasteiger partial charge on any atom is -0.466 e. The molecule has 0 radical (unpaired) electrons. The maximum Gasteiger partial charge on any atom is 0.338 e. The third kappa shape index (κ3) is 4.16. The Bertz CT molecular complexity index is 1500. The minimum atomic E-state index is -0.932. The van der Waals surface area contributed by atoms with Gasteiger partial charge in [-0.2, -0.15) is 0 Å². The van der Waals surface area contributed by atoms with Crippen molar-refractivity contribution in [2.75, 3.05) is 14.2 Å². The van der Waals surface area contributed by atoms with E-state index in [2.05, 4.69) is 0 Å². The highest BCUT2D eigenvalue weighted by Crippen LogP contribution is 2.37. The summed E-state index contributed by atoms with van der Waals surface area (Å²) < 4.78 is 11.7. The summed E-state index contributed by atoms with van der Waals surface area (Å²) in [7, 11) is 2.43. The Balaban J connectivity index is 2.11. The molecule has 2 N–H and O–H groups in total. The van der Waals surface area contributed by atoms with Crippen molar-refractivity contribution in [3.05, 3.63) is 94.8 Å². The third-order valence-electron chi connectivity index (χ3n) is 5.33. The van der Waals surface area contributed by atoms with Gasteiger partial charge in [0.2, 0.25) is 0 Å². The number of hydrogen-bond donors (Lipinski definition) is 1. The molecular formula is C24H18Cl2N2O5S. The standard InChI is InChI=1S/C24H18Cl2N2O5S/c1-32-23(30)18-17(13-5-9-15(26)10-6-13)19(24(31)33-2)22-28(20(18)27)21(29)16(34-22)11-12-3-7-14(25)8-4-12/h3-11,17H,27H2,1-2H3/b16-11-. The van der Waals surface area contributed by atoms with E-state index in [9.17, 15) is 14.4 Å². The summed E-state index contributed by atoms with van der Waals surface area (Å²) in [6.45, 7) is 0. The number of fused-ring (bicyclic) bond motifs is 1. The zero-order chi connectivity index (χ0) is 24.6. The molecule has 1 aliphatic rings. The number of benzene rings is 2. The zero-order valence-electron chi connectivity index (χ0n) is 18.0. The lowest BCUT2D eigenvalue weighted by atomic mass is 9.83. The Morgan fingerprint density at radius 2 is 1.47 bits per heavy atom. The molecule has 7 nitrogen and oxygen atoms in total. The van der Waals surface area contributed by atoms with Gasteiger partial charge in [0.1, 0.15) is 10.5 Å². The van der Waals surface area contributed by atoms with Crippen molar-refractivity contribution in [1.82, 2.24) is 4.57 Å². The van der Waals surface area contributed by atoms with Crippen LogP contribution in [0, 0.1) is 0 Å². The lowest BCUT2D eigenvalue weighted by Crippen LogP contribution is -2.41. The molecule has 174 valence electrons. The molecule has 1 aliphatic heterocycles. The summed E-state index contributed by atoms with van der Waals surface area (Å²) in [5, 5.41) is 1.03. The molecule has 0 amide bonds. The van der Waals surface area contributed by atoms with Gasteiger partial charge < -0.3 is 15.2 Å². The van der Waals surface area contributed by atoms with Gasteiger partial charge >= 0.3 is 11.9 Å². The van der Waals surface area contributed by atoms with Gasteiger partial charge in [0.05, 0.1) is 35.8 Å². The van der Waals surface area contributed by atoms with Crippen LogP contribution in [-0.2, 0) is 19.1 Å². The number of ether oxygens (including phenoxy) is 2. The van der Waals surface area contributed by atoms with Gasteiger partial charge in [-0.1, -0.05) is 47.5 Å². The molecule has 4 rings (SSSR count). The van der Waals surface area contributed by atoms with E-state index in [1.807, 2.05) is 0 Å². The topological polar surface area (TPSA) is 101 Å². The summed E-state index contributed by atoms with van der Waals surface area (Å²) >= 11 is 13.1. The number of nitrogens with two attached hydrogens (primary N) is 1. The van der Waals surface area contributed by atoms with Crippen LogP contribution in [0.25, 0.3) is 17.5 Å². The van der Waals surface area contributed by atoms with Gasteiger partial charge in [-0.25, -0.2) is 9.59 Å². The monoisotopic (exact) mass is 516 g/mol. The lowest BCUT2D eigenvalue weighted by Gasteiger charge is -2.26. The number of nitrogens with zero attached hydrogens (tertiary/aromatic N) is 1. The normalized spacial score (nSPS) is 15.8. The van der Waals surface area contributed by atoms with E-state index in [0.717, 1.165) is 21.5 Å². The molecule has 1 aromatic heterocycles. The van der Waals surface area contributed by atoms with Crippen LogP contribution in [-0.4, -0.2) is 30.7 Å². The van der Waals surface area contributed by atoms with E-state index in [1.165, 1.54) is 14.2 Å². The first-order chi connectivity index (χ1) is 16.3. The largest absolute Gasteiger partial charge is 0.466 e. The molecule has 0 spiro atoms. The number of thiazole rings is 1. The highest BCUT2D eigenvalue weighted by Gasteiger charge is 2.39. The molecule has 0 fully saturated rings. The number of halogens is 2. The van der Waals surface area contributed by atoms with Crippen LogP contribution in [0.15, 0.2) is 58.9 Å². The van der Waals surface area contributed by atoms with Crippen molar-refractivity contribution < 1.29 is 19.1 Å². The fourth-order valence-corrected chi connectivity index (χ4v) is 5.18. The van der Waals surface area contributed by atoms with Gasteiger partial charge in [-0.15, -0.1) is 11.3 Å². The second-order valence-electron chi connectivity index (χ2n) is 7.29. The summed E-state index contributed by atoms with van der Waals surface area (Å²) in [6.07, 6.45) is 1.66. The van der Waals surface area contributed by atoms with Crippen LogP contribution in [0.4, 0.5) is 0 Å². The number of methoxy groups -OCH3 is 2. The van der Waals surface area contributed by atoms with Crippen LogP contribution >= 0.6 is 34.5 Å². The molecule has 3 aromatic rings. The van der Waals surface area contributed by atoms with E-state index >= 15 is 0 Å². The molecule has 10 heteroatoms. The molecule has 2 aromatic carbocycles. The molecule has 34 heavy (non-hydrogen) atoms. The molecule has 1 unspecified atom stereocenters. The molecule has 0 saturated heterocycles. The molecular weight excluding hydrogens is 499 g/mol. The number of esters is 2. The Morgan fingerprint density at radius 1 is 0.941 bits per heavy atom. The molecule has 0 aliphatic carbocycles. The Kier molecular flexibility index (Phi) is 6.65.